The topological polar surface area (TPSA) is 65.1 Å². The van der Waals surface area contributed by atoms with E-state index in [0.29, 0.717) is 28.8 Å². The van der Waals surface area contributed by atoms with Crippen LogP contribution in [0.15, 0.2) is 47.4 Å². The highest BCUT2D eigenvalue weighted by molar-refractivity contribution is 8.18. The van der Waals surface area contributed by atoms with Gasteiger partial charge in [-0.15, -0.1) is 0 Å². The Kier molecular flexibility index (Phi) is 8.22. The van der Waals surface area contributed by atoms with Crippen LogP contribution in [0.3, 0.4) is 0 Å². The number of imide groups is 1. The second-order valence-corrected chi connectivity index (χ2v) is 8.46. The monoisotopic (exact) mass is 455 g/mol. The molecule has 2 aromatic rings. The van der Waals surface area contributed by atoms with Crippen LogP contribution in [0.1, 0.15) is 38.3 Å². The van der Waals surface area contributed by atoms with Gasteiger partial charge in [0.1, 0.15) is 12.4 Å². The SMILES string of the molecule is CCOc1cc(/C=C2\SC(=O)N(CCOc3ccc(C)cc3)C2=O)ccc1OC(C)CC. The van der Waals surface area contributed by atoms with Crippen molar-refractivity contribution in [1.29, 1.82) is 0 Å². The summed E-state index contributed by atoms with van der Waals surface area (Å²) in [5.41, 5.74) is 1.91. The van der Waals surface area contributed by atoms with E-state index in [1.165, 1.54) is 4.90 Å². The zero-order valence-corrected chi connectivity index (χ0v) is 19.7. The minimum atomic E-state index is -0.314. The molecule has 1 fully saturated rings. The minimum Gasteiger partial charge on any atom is -0.492 e. The molecule has 3 rings (SSSR count). The van der Waals surface area contributed by atoms with Gasteiger partial charge in [-0.1, -0.05) is 30.7 Å². The summed E-state index contributed by atoms with van der Waals surface area (Å²) >= 11 is 0.933. The average molecular weight is 456 g/mol. The summed E-state index contributed by atoms with van der Waals surface area (Å²) in [6, 6.07) is 13.2. The molecule has 0 bridgehead atoms. The second-order valence-electron chi connectivity index (χ2n) is 7.47. The first-order chi connectivity index (χ1) is 15.4. The molecule has 1 saturated heterocycles. The first-order valence-corrected chi connectivity index (χ1v) is 11.6. The van der Waals surface area contributed by atoms with Gasteiger partial charge in [-0.3, -0.25) is 14.5 Å². The minimum absolute atomic E-state index is 0.0682. The number of hydrogen-bond donors (Lipinski definition) is 0. The molecule has 1 aliphatic heterocycles. The smallest absolute Gasteiger partial charge is 0.293 e. The predicted molar refractivity (Wildman–Crippen MR) is 127 cm³/mol. The number of hydrogen-bond acceptors (Lipinski definition) is 6. The van der Waals surface area contributed by atoms with Gasteiger partial charge in [-0.05, 0) is 74.9 Å². The molecule has 0 saturated carbocycles. The third-order valence-electron chi connectivity index (χ3n) is 4.95. The van der Waals surface area contributed by atoms with Crippen LogP contribution in [0, 0.1) is 6.92 Å². The molecule has 0 radical (unpaired) electrons. The van der Waals surface area contributed by atoms with Crippen LogP contribution < -0.4 is 14.2 Å². The van der Waals surface area contributed by atoms with E-state index in [9.17, 15) is 9.59 Å². The standard InChI is InChI=1S/C25H29NO5S/c1-5-18(4)31-21-12-9-19(15-22(21)29-6-2)16-23-24(27)26(25(28)32-23)13-14-30-20-10-7-17(3)8-11-20/h7-12,15-16,18H,5-6,13-14H2,1-4H3/b23-16-. The fourth-order valence-corrected chi connectivity index (χ4v) is 3.88. The quantitative estimate of drug-likeness (QED) is 0.429. The van der Waals surface area contributed by atoms with Crippen molar-refractivity contribution < 1.29 is 23.8 Å². The summed E-state index contributed by atoms with van der Waals surface area (Å²) in [5, 5.41) is -0.296. The Morgan fingerprint density at radius 1 is 1.03 bits per heavy atom. The highest BCUT2D eigenvalue weighted by atomic mass is 32.2. The van der Waals surface area contributed by atoms with Gasteiger partial charge in [0.25, 0.3) is 11.1 Å². The number of rotatable bonds is 10. The molecule has 0 spiro atoms. The van der Waals surface area contributed by atoms with Crippen LogP contribution in [0.4, 0.5) is 4.79 Å². The summed E-state index contributed by atoms with van der Waals surface area (Å²) in [7, 11) is 0. The van der Waals surface area contributed by atoms with Gasteiger partial charge >= 0.3 is 0 Å². The Balaban J connectivity index is 1.67. The molecule has 0 aromatic heterocycles. The molecule has 7 heteroatoms. The maximum Gasteiger partial charge on any atom is 0.293 e. The fraction of sp³-hybridized carbons (Fsp3) is 0.360. The lowest BCUT2D eigenvalue weighted by molar-refractivity contribution is -0.123. The normalized spacial score (nSPS) is 15.9. The summed E-state index contributed by atoms with van der Waals surface area (Å²) in [4.78, 5) is 26.7. The maximum absolute atomic E-state index is 12.8. The van der Waals surface area contributed by atoms with Gasteiger partial charge in [0.05, 0.1) is 24.2 Å². The predicted octanol–water partition coefficient (Wildman–Crippen LogP) is 5.69. The van der Waals surface area contributed by atoms with Gasteiger partial charge in [0, 0.05) is 0 Å². The Labute approximate surface area is 193 Å². The van der Waals surface area contributed by atoms with E-state index in [-0.39, 0.29) is 30.4 Å². The molecule has 1 atom stereocenters. The van der Waals surface area contributed by atoms with Gasteiger partial charge in [-0.2, -0.15) is 0 Å². The van der Waals surface area contributed by atoms with E-state index in [2.05, 4.69) is 6.92 Å². The first kappa shape index (κ1) is 23.7. The van der Waals surface area contributed by atoms with E-state index in [4.69, 9.17) is 14.2 Å². The summed E-state index contributed by atoms with van der Waals surface area (Å²) in [6.45, 7) is 8.90. The van der Waals surface area contributed by atoms with Crippen molar-refractivity contribution in [2.24, 2.45) is 0 Å². The molecule has 32 heavy (non-hydrogen) atoms. The number of ether oxygens (including phenoxy) is 3. The van der Waals surface area contributed by atoms with Crippen molar-refractivity contribution >= 4 is 29.0 Å². The highest BCUT2D eigenvalue weighted by Gasteiger charge is 2.34. The van der Waals surface area contributed by atoms with E-state index < -0.39 is 0 Å². The maximum atomic E-state index is 12.8. The second kappa shape index (κ2) is 11.1. The van der Waals surface area contributed by atoms with Crippen LogP contribution in [0.25, 0.3) is 6.08 Å². The average Bonchev–Trinajstić information content (AvgIpc) is 3.04. The van der Waals surface area contributed by atoms with Crippen LogP contribution >= 0.6 is 11.8 Å². The Hall–Kier alpha value is -2.93. The fourth-order valence-electron chi connectivity index (χ4n) is 3.01. The van der Waals surface area contributed by atoms with Crippen molar-refractivity contribution in [3.8, 4) is 17.2 Å². The molecule has 0 aliphatic carbocycles. The van der Waals surface area contributed by atoms with E-state index in [0.717, 1.165) is 29.3 Å². The Morgan fingerprint density at radius 3 is 2.47 bits per heavy atom. The summed E-state index contributed by atoms with van der Waals surface area (Å²) in [6.07, 6.45) is 2.66. The number of thioether (sulfide) groups is 1. The number of carbonyl (C=O) groups is 2. The van der Waals surface area contributed by atoms with Crippen LogP contribution in [0.2, 0.25) is 0 Å². The van der Waals surface area contributed by atoms with E-state index >= 15 is 0 Å². The largest absolute Gasteiger partial charge is 0.492 e. The van der Waals surface area contributed by atoms with E-state index in [1.54, 1.807) is 6.08 Å². The summed E-state index contributed by atoms with van der Waals surface area (Å²) < 4.78 is 17.3. The van der Waals surface area contributed by atoms with Crippen LogP contribution in [-0.2, 0) is 4.79 Å². The zero-order chi connectivity index (χ0) is 23.1. The van der Waals surface area contributed by atoms with Crippen LogP contribution in [0.5, 0.6) is 17.2 Å². The Bertz CT molecular complexity index is 986. The van der Waals surface area contributed by atoms with Gasteiger partial charge in [0.15, 0.2) is 11.5 Å². The molecule has 1 heterocycles. The van der Waals surface area contributed by atoms with Gasteiger partial charge in [0.2, 0.25) is 0 Å². The van der Waals surface area contributed by atoms with E-state index in [1.807, 2.05) is 63.2 Å². The van der Waals surface area contributed by atoms with Crippen molar-refractivity contribution in [1.82, 2.24) is 4.90 Å². The van der Waals surface area contributed by atoms with Gasteiger partial charge in [-0.25, -0.2) is 0 Å². The van der Waals surface area contributed by atoms with Crippen LogP contribution in [-0.4, -0.2) is 41.9 Å². The third-order valence-corrected chi connectivity index (χ3v) is 5.85. The summed E-state index contributed by atoms with van der Waals surface area (Å²) in [5.74, 6) is 1.68. The Morgan fingerprint density at radius 2 is 1.78 bits per heavy atom. The molecule has 2 amide bonds. The zero-order valence-electron chi connectivity index (χ0n) is 18.9. The highest BCUT2D eigenvalue weighted by Crippen LogP contribution is 2.35. The number of carbonyl (C=O) groups excluding carboxylic acids is 2. The molecule has 6 nitrogen and oxygen atoms in total. The number of nitrogens with zero attached hydrogens (tertiary/aromatic N) is 1. The first-order valence-electron chi connectivity index (χ1n) is 10.8. The lowest BCUT2D eigenvalue weighted by Crippen LogP contribution is -2.32. The molecular formula is C25H29NO5S. The van der Waals surface area contributed by atoms with Crippen molar-refractivity contribution in [2.45, 2.75) is 40.2 Å². The lowest BCUT2D eigenvalue weighted by atomic mass is 10.1. The third kappa shape index (κ3) is 6.07. The number of aryl methyl sites for hydroxylation is 1. The molecule has 2 aromatic carbocycles. The van der Waals surface area contributed by atoms with Gasteiger partial charge < -0.3 is 14.2 Å². The van der Waals surface area contributed by atoms with Crippen molar-refractivity contribution in [3.63, 3.8) is 0 Å². The molecule has 1 unspecified atom stereocenters. The molecular weight excluding hydrogens is 426 g/mol. The molecule has 170 valence electrons. The molecule has 1 aliphatic rings. The lowest BCUT2D eigenvalue weighted by Gasteiger charge is -2.16. The van der Waals surface area contributed by atoms with Crippen molar-refractivity contribution in [2.75, 3.05) is 19.8 Å². The number of benzene rings is 2. The number of amides is 2. The van der Waals surface area contributed by atoms with Crippen molar-refractivity contribution in [3.05, 3.63) is 58.5 Å². The molecule has 0 N–H and O–H groups in total.